The summed E-state index contributed by atoms with van der Waals surface area (Å²) < 4.78 is 48.3. The van der Waals surface area contributed by atoms with Gasteiger partial charge in [0, 0.05) is 12.3 Å². The van der Waals surface area contributed by atoms with Gasteiger partial charge < -0.3 is 5.32 Å². The highest BCUT2D eigenvalue weighted by atomic mass is 32.2. The van der Waals surface area contributed by atoms with E-state index in [0.717, 1.165) is 18.4 Å². The van der Waals surface area contributed by atoms with Crippen molar-refractivity contribution in [1.29, 1.82) is 0 Å². The molecule has 0 bridgehead atoms. The number of sulfone groups is 1. The van der Waals surface area contributed by atoms with Crippen LogP contribution >= 0.6 is 0 Å². The van der Waals surface area contributed by atoms with Crippen LogP contribution < -0.4 is 5.32 Å². The van der Waals surface area contributed by atoms with Gasteiger partial charge in [-0.05, 0) is 24.2 Å². The summed E-state index contributed by atoms with van der Waals surface area (Å²) >= 11 is 0. The molecule has 0 saturated heterocycles. The van der Waals surface area contributed by atoms with Gasteiger partial charge in [0.15, 0.2) is 11.6 Å². The Bertz CT molecular complexity index is 488. The van der Waals surface area contributed by atoms with E-state index in [-0.39, 0.29) is 5.75 Å². The second-order valence-electron chi connectivity index (χ2n) is 3.88. The molecular weight excluding hydrogens is 248 g/mol. The lowest BCUT2D eigenvalue weighted by molar-refractivity contribution is 0.501. The summed E-state index contributed by atoms with van der Waals surface area (Å²) in [4.78, 5) is 0. The lowest BCUT2D eigenvalue weighted by Crippen LogP contribution is -2.27. The fourth-order valence-electron chi connectivity index (χ4n) is 1.55. The maximum atomic E-state index is 13.1. The van der Waals surface area contributed by atoms with Gasteiger partial charge >= 0.3 is 0 Å². The van der Waals surface area contributed by atoms with E-state index in [4.69, 9.17) is 0 Å². The van der Waals surface area contributed by atoms with Crippen molar-refractivity contribution >= 4 is 9.84 Å². The fourth-order valence-corrected chi connectivity index (χ4v) is 2.47. The van der Waals surface area contributed by atoms with Gasteiger partial charge in [-0.2, -0.15) is 0 Å². The largest absolute Gasteiger partial charge is 0.309 e. The molecule has 3 nitrogen and oxygen atoms in total. The van der Waals surface area contributed by atoms with Crippen molar-refractivity contribution < 1.29 is 17.2 Å². The zero-order chi connectivity index (χ0) is 13.1. The predicted molar refractivity (Wildman–Crippen MR) is 62.5 cm³/mol. The van der Waals surface area contributed by atoms with Crippen molar-refractivity contribution in [2.75, 3.05) is 18.6 Å². The van der Waals surface area contributed by atoms with Crippen LogP contribution in [0.3, 0.4) is 0 Å². The van der Waals surface area contributed by atoms with E-state index in [0.29, 0.717) is 12.1 Å². The third-order valence-corrected chi connectivity index (χ3v) is 3.20. The number of hydrogen-bond acceptors (Lipinski definition) is 3. The number of halogens is 2. The molecule has 1 rings (SSSR count). The maximum Gasteiger partial charge on any atom is 0.159 e. The Morgan fingerprint density at radius 3 is 2.41 bits per heavy atom. The Kier molecular flexibility index (Phi) is 4.59. The molecular formula is C11H15F2NO2S. The molecule has 0 saturated carbocycles. The minimum atomic E-state index is -3.20. The molecule has 0 aliphatic carbocycles. The molecule has 1 atom stereocenters. The first-order chi connectivity index (χ1) is 7.83. The van der Waals surface area contributed by atoms with E-state index in [1.165, 1.54) is 6.07 Å². The summed E-state index contributed by atoms with van der Waals surface area (Å²) in [7, 11) is -3.20. The molecule has 1 aromatic carbocycles. The monoisotopic (exact) mass is 263 g/mol. The van der Waals surface area contributed by atoms with Crippen LogP contribution in [0.4, 0.5) is 8.78 Å². The zero-order valence-electron chi connectivity index (χ0n) is 9.70. The zero-order valence-corrected chi connectivity index (χ0v) is 10.5. The van der Waals surface area contributed by atoms with Crippen LogP contribution in [0.15, 0.2) is 18.2 Å². The number of rotatable bonds is 5. The van der Waals surface area contributed by atoms with Gasteiger partial charge in [-0.25, -0.2) is 17.2 Å². The van der Waals surface area contributed by atoms with Crippen LogP contribution in [0.1, 0.15) is 18.5 Å². The first-order valence-electron chi connectivity index (χ1n) is 5.19. The Morgan fingerprint density at radius 1 is 1.29 bits per heavy atom. The number of nitrogens with one attached hydrogen (secondary N) is 1. The molecule has 0 amide bonds. The van der Waals surface area contributed by atoms with Crippen LogP contribution in [0.25, 0.3) is 0 Å². The van der Waals surface area contributed by atoms with Crippen LogP contribution in [-0.2, 0) is 9.84 Å². The standard InChI is InChI=1S/C11H15F2NO2S/c1-3-14-11(7-17(2,15)16)8-4-5-9(12)10(13)6-8/h4-6,11,14H,3,7H2,1-2H3. The van der Waals surface area contributed by atoms with Crippen molar-refractivity contribution in [3.8, 4) is 0 Å². The van der Waals surface area contributed by atoms with Crippen LogP contribution in [-0.4, -0.2) is 27.0 Å². The summed E-state index contributed by atoms with van der Waals surface area (Å²) in [5.74, 6) is -2.06. The molecule has 0 heterocycles. The van der Waals surface area contributed by atoms with E-state index in [9.17, 15) is 17.2 Å². The average molecular weight is 263 g/mol. The van der Waals surface area contributed by atoms with Gasteiger partial charge in [-0.15, -0.1) is 0 Å². The van der Waals surface area contributed by atoms with Gasteiger partial charge in [-0.3, -0.25) is 0 Å². The average Bonchev–Trinajstić information content (AvgIpc) is 2.19. The topological polar surface area (TPSA) is 46.2 Å². The summed E-state index contributed by atoms with van der Waals surface area (Å²) in [6.45, 7) is 2.36. The molecule has 1 aromatic rings. The Balaban J connectivity index is 3.01. The predicted octanol–water partition coefficient (Wildman–Crippen LogP) is 1.66. The third kappa shape index (κ3) is 4.40. The Morgan fingerprint density at radius 2 is 1.94 bits per heavy atom. The Hall–Kier alpha value is -1.01. The smallest absolute Gasteiger partial charge is 0.159 e. The lowest BCUT2D eigenvalue weighted by Gasteiger charge is -2.17. The molecule has 1 N–H and O–H groups in total. The minimum absolute atomic E-state index is 0.147. The van der Waals surface area contributed by atoms with Gasteiger partial charge in [-0.1, -0.05) is 13.0 Å². The van der Waals surface area contributed by atoms with E-state index >= 15 is 0 Å². The minimum Gasteiger partial charge on any atom is -0.309 e. The summed E-state index contributed by atoms with van der Waals surface area (Å²) in [6.07, 6.45) is 1.11. The molecule has 1 unspecified atom stereocenters. The van der Waals surface area contributed by atoms with Crippen molar-refractivity contribution in [2.24, 2.45) is 0 Å². The molecule has 6 heteroatoms. The van der Waals surface area contributed by atoms with Crippen molar-refractivity contribution in [1.82, 2.24) is 5.32 Å². The lowest BCUT2D eigenvalue weighted by atomic mass is 10.1. The normalized spacial score (nSPS) is 13.6. The molecule has 0 radical (unpaired) electrons. The van der Waals surface area contributed by atoms with Crippen molar-refractivity contribution in [3.63, 3.8) is 0 Å². The van der Waals surface area contributed by atoms with E-state index in [1.807, 2.05) is 6.92 Å². The van der Waals surface area contributed by atoms with Gasteiger partial charge in [0.2, 0.25) is 0 Å². The highest BCUT2D eigenvalue weighted by molar-refractivity contribution is 7.90. The second kappa shape index (κ2) is 5.55. The Labute approximate surface area is 99.8 Å². The molecule has 0 fully saturated rings. The molecule has 96 valence electrons. The van der Waals surface area contributed by atoms with Gasteiger partial charge in [0.05, 0.1) is 5.75 Å². The SMILES string of the molecule is CCNC(CS(C)(=O)=O)c1ccc(F)c(F)c1. The van der Waals surface area contributed by atoms with E-state index in [1.54, 1.807) is 0 Å². The van der Waals surface area contributed by atoms with Crippen molar-refractivity contribution in [2.45, 2.75) is 13.0 Å². The maximum absolute atomic E-state index is 13.1. The number of hydrogen-bond donors (Lipinski definition) is 1. The summed E-state index contributed by atoms with van der Waals surface area (Å²) in [6, 6.07) is 2.88. The van der Waals surface area contributed by atoms with E-state index in [2.05, 4.69) is 5.32 Å². The van der Waals surface area contributed by atoms with Crippen LogP contribution in [0.2, 0.25) is 0 Å². The quantitative estimate of drug-likeness (QED) is 0.879. The van der Waals surface area contributed by atoms with E-state index < -0.39 is 27.5 Å². The highest BCUT2D eigenvalue weighted by Crippen LogP contribution is 2.17. The summed E-state index contributed by atoms with van der Waals surface area (Å²) in [5.41, 5.74) is 0.427. The van der Waals surface area contributed by atoms with Crippen LogP contribution in [0, 0.1) is 11.6 Å². The highest BCUT2D eigenvalue weighted by Gasteiger charge is 2.17. The molecule has 0 aliphatic rings. The third-order valence-electron chi connectivity index (χ3n) is 2.27. The van der Waals surface area contributed by atoms with Gasteiger partial charge in [0.1, 0.15) is 9.84 Å². The van der Waals surface area contributed by atoms with Crippen LogP contribution in [0.5, 0.6) is 0 Å². The van der Waals surface area contributed by atoms with Gasteiger partial charge in [0.25, 0.3) is 0 Å². The van der Waals surface area contributed by atoms with Crippen molar-refractivity contribution in [3.05, 3.63) is 35.4 Å². The number of benzene rings is 1. The molecule has 0 spiro atoms. The first-order valence-corrected chi connectivity index (χ1v) is 7.25. The fraction of sp³-hybridized carbons (Fsp3) is 0.455. The summed E-state index contributed by atoms with van der Waals surface area (Å²) in [5, 5.41) is 2.93. The molecule has 17 heavy (non-hydrogen) atoms. The second-order valence-corrected chi connectivity index (χ2v) is 6.06. The molecule has 0 aliphatic heterocycles. The first kappa shape index (κ1) is 14.1. The molecule has 0 aromatic heterocycles.